The molecule has 8 heterocycles. The molecule has 1 fully saturated rings. The maximum atomic E-state index is 17.8. The number of halogens is 2. The third-order valence-corrected chi connectivity index (χ3v) is 39.3. The van der Waals surface area contributed by atoms with Crippen LogP contribution < -0.4 is 36.7 Å². The minimum absolute atomic E-state index is 0.244. The number of benzene rings is 4. The van der Waals surface area contributed by atoms with Crippen LogP contribution in [-0.2, 0) is 22.7 Å². The van der Waals surface area contributed by atoms with E-state index in [-0.39, 0.29) is 11.1 Å². The van der Waals surface area contributed by atoms with Gasteiger partial charge < -0.3 is 0 Å². The minimum Gasteiger partial charge on any atom is -0.172 e. The molecule has 0 atom stereocenters. The Bertz CT molecular complexity index is 3890. The van der Waals surface area contributed by atoms with Crippen LogP contribution in [0.15, 0.2) is 150 Å². The molecule has 0 aliphatic carbocycles. The zero-order valence-electron chi connectivity index (χ0n) is 46.0. The predicted molar refractivity (Wildman–Crippen MR) is 349 cm³/mol. The number of fused-ring (bicyclic) bond motifs is 7. The van der Waals surface area contributed by atoms with Crippen LogP contribution in [0.25, 0.3) is 63.1 Å². The van der Waals surface area contributed by atoms with Crippen molar-refractivity contribution in [2.24, 2.45) is 0 Å². The van der Waals surface area contributed by atoms with Crippen molar-refractivity contribution in [3.63, 3.8) is 0 Å². The molecule has 407 valence electrons. The van der Waals surface area contributed by atoms with Crippen LogP contribution in [-0.4, -0.2) is 38.1 Å². The predicted octanol–water partition coefficient (Wildman–Crippen LogP) is 16.8. The van der Waals surface area contributed by atoms with Crippen molar-refractivity contribution >= 4 is 140 Å². The van der Waals surface area contributed by atoms with Crippen LogP contribution in [0.3, 0.4) is 0 Å². The second-order valence-electron chi connectivity index (χ2n) is 21.3. The molecule has 1 saturated heterocycles. The molecule has 9 aromatic rings. The number of aromatic nitrogens is 2. The van der Waals surface area contributed by atoms with Gasteiger partial charge in [0.1, 0.15) is 8.07 Å². The van der Waals surface area contributed by atoms with Gasteiger partial charge in [-0.05, 0) is 47.6 Å². The van der Waals surface area contributed by atoms with E-state index in [1.165, 1.54) is 88.0 Å². The molecule has 5 aromatic heterocycles. The molecule has 3 nitrogen and oxygen atoms in total. The Morgan fingerprint density at radius 2 is 1.06 bits per heavy atom. The average Bonchev–Trinajstić information content (AvgIpc) is 4.37. The fraction of sp³-hybridized carbons (Fsp3) is 0.258. The van der Waals surface area contributed by atoms with Crippen LogP contribution in [0.2, 0.25) is 24.2 Å². The summed E-state index contributed by atoms with van der Waals surface area (Å²) in [5.74, 6) is -1.65. The molecule has 80 heavy (non-hydrogen) atoms. The number of rotatable bonds is 18. The molecule has 3 aliphatic heterocycles. The van der Waals surface area contributed by atoms with Crippen LogP contribution in [0.5, 0.6) is 0 Å². The Balaban J connectivity index is 1.07. The molecule has 0 unspecified atom stereocenters. The number of ether oxygens (including phenoxy) is 1. The molecule has 0 bridgehead atoms. The second kappa shape index (κ2) is 23.3. The zero-order chi connectivity index (χ0) is 55.3. The summed E-state index contributed by atoms with van der Waals surface area (Å²) in [7, 11) is -7.26. The first-order chi connectivity index (χ1) is 39.2. The van der Waals surface area contributed by atoms with Gasteiger partial charge in [-0.1, -0.05) is 32.8 Å². The van der Waals surface area contributed by atoms with E-state index in [9.17, 15) is 0 Å². The Morgan fingerprint density at radius 3 is 1.52 bits per heavy atom. The number of nitrogens with zero attached hydrogens (tertiary/aromatic N) is 2. The van der Waals surface area contributed by atoms with E-state index in [2.05, 4.69) is 185 Å². The van der Waals surface area contributed by atoms with E-state index in [0.29, 0.717) is 24.2 Å². The summed E-state index contributed by atoms with van der Waals surface area (Å²) >= 11 is 9.86. The maximum absolute atomic E-state index is 17.8. The number of hydrogen-bond donors (Lipinski definition) is 0. The second-order valence-corrected chi connectivity index (χ2v) is 38.5. The standard InChI is InChI=1S/C66H63F2N2OPS5Si2.Os/c1-8-23-43-40-71-41-44(43)35-49(42(7)72(45-25-17-14-18-26-45,46-27-19-15-20-28-46)47-29-21-16-22-30-47)50-37-54-65(74-50)66-56(79(54,33-12-5)34-13-6)39-52(76-66)58-60(68)59(67)57(61-62(58)70-77-69-61)51-38-55-64(75-51)63-53(36-48(73-63)24-9-2)78(55,31-10-3)32-11-4;/h9,14-30,35-39H,8,10-13,31-34,40-41H2,1-6H3;/q+1;/b24-9+,43-23?,44-35?,49-42?;. The summed E-state index contributed by atoms with van der Waals surface area (Å²) in [5, 5.41) is 10.8. The van der Waals surface area contributed by atoms with Crippen LogP contribution in [0, 0.1) is 16.0 Å². The average molecular weight is 1380 g/mol. The fourth-order valence-electron chi connectivity index (χ4n) is 13.6. The summed E-state index contributed by atoms with van der Waals surface area (Å²) in [5.41, 5.74) is 5.03. The van der Waals surface area contributed by atoms with Gasteiger partial charge in [-0.2, -0.15) is 4.37 Å². The van der Waals surface area contributed by atoms with Gasteiger partial charge in [-0.3, -0.25) is 0 Å². The summed E-state index contributed by atoms with van der Waals surface area (Å²) in [6, 6.07) is 47.3. The SMILES string of the molecule is C/C=C/c1cc2c(s1)-c1sc(-c3c(F)c(F)c(-c4cc5c(s4)-c4sc(C(C=C6COCC6=CCC)=C([C]#[Os])[P+](c6ccccc6)(c6ccccc6)c6ccccc6)cc4[Si]5(CCC)CCC)c4nsnc34)cc1[Si]2(CCC)CCC. The normalized spacial score (nSPS) is 16.4. The van der Waals surface area contributed by atoms with E-state index in [1.807, 2.05) is 40.6 Å². The third-order valence-electron chi connectivity index (χ3n) is 16.6. The first-order valence-electron chi connectivity index (χ1n) is 28.1. The first-order valence-corrected chi connectivity index (χ1v) is 40.0. The van der Waals surface area contributed by atoms with Crippen molar-refractivity contribution in [1.29, 1.82) is 0 Å². The summed E-state index contributed by atoms with van der Waals surface area (Å²) in [6.45, 7) is 14.6. The molecular weight excluding hydrogens is 1310 g/mol. The van der Waals surface area contributed by atoms with Crippen molar-refractivity contribution in [1.82, 2.24) is 8.75 Å². The van der Waals surface area contributed by atoms with Crippen LogP contribution >= 0.6 is 64.3 Å². The summed E-state index contributed by atoms with van der Waals surface area (Å²) in [4.78, 5) is 9.03. The van der Waals surface area contributed by atoms with Crippen molar-refractivity contribution in [3.05, 3.63) is 171 Å². The minimum atomic E-state index is -2.61. The smallest absolute Gasteiger partial charge is 0.172 e. The molecule has 0 radical (unpaired) electrons. The number of hydrogen-bond acceptors (Lipinski definition) is 8. The first kappa shape index (κ1) is 56.1. The quantitative estimate of drug-likeness (QED) is 0.0634. The Kier molecular flexibility index (Phi) is 16.3. The molecule has 4 aromatic carbocycles. The summed E-state index contributed by atoms with van der Waals surface area (Å²) in [6.07, 6.45) is 14.2. The molecule has 0 amide bonds. The van der Waals surface area contributed by atoms with Gasteiger partial charge >= 0.3 is 351 Å². The van der Waals surface area contributed by atoms with Gasteiger partial charge in [0.2, 0.25) is 0 Å². The number of thiophene rings is 4. The number of allylic oxidation sites excluding steroid dienone is 5. The summed E-state index contributed by atoms with van der Waals surface area (Å²) < 4.78 is 55.5. The van der Waals surface area contributed by atoms with Crippen molar-refractivity contribution in [2.45, 2.75) is 97.8 Å². The van der Waals surface area contributed by atoms with Gasteiger partial charge in [-0.25, -0.2) is 4.39 Å². The van der Waals surface area contributed by atoms with Crippen LogP contribution in [0.4, 0.5) is 8.78 Å². The molecular formula is C66H63F2N2OOsPS5Si2+. The van der Waals surface area contributed by atoms with E-state index >= 15 is 8.78 Å². The van der Waals surface area contributed by atoms with E-state index < -0.39 is 35.0 Å². The molecule has 3 aliphatic rings. The molecule has 14 heteroatoms. The fourth-order valence-corrected chi connectivity index (χ4v) is 39.0. The Morgan fingerprint density at radius 1 is 0.613 bits per heavy atom. The van der Waals surface area contributed by atoms with E-state index in [1.54, 1.807) is 22.7 Å². The van der Waals surface area contributed by atoms with E-state index in [0.717, 1.165) is 77.8 Å². The Labute approximate surface area is 502 Å². The monoisotopic (exact) mass is 1380 g/mol. The van der Waals surface area contributed by atoms with Gasteiger partial charge in [0.25, 0.3) is 0 Å². The molecule has 0 saturated carbocycles. The van der Waals surface area contributed by atoms with Crippen molar-refractivity contribution < 1.29 is 31.5 Å². The zero-order valence-corrected chi connectivity index (χ0v) is 55.5. The van der Waals surface area contributed by atoms with Crippen LogP contribution in [0.1, 0.15) is 83.4 Å². The molecule has 0 N–H and O–H groups in total. The third kappa shape index (κ3) is 8.99. The topological polar surface area (TPSA) is 35.0 Å². The van der Waals surface area contributed by atoms with Gasteiger partial charge in [0.05, 0.1) is 17.3 Å². The Hall–Kier alpha value is -4.44. The van der Waals surface area contributed by atoms with Gasteiger partial charge in [0.15, 0.2) is 0 Å². The molecule has 12 rings (SSSR count). The van der Waals surface area contributed by atoms with Gasteiger partial charge in [0, 0.05) is 19.5 Å². The van der Waals surface area contributed by atoms with Gasteiger partial charge in [-0.15, -0.1) is 22.7 Å². The molecule has 0 spiro atoms. The van der Waals surface area contributed by atoms with Crippen molar-refractivity contribution in [3.8, 4) is 44.8 Å². The van der Waals surface area contributed by atoms with Crippen molar-refractivity contribution in [2.75, 3.05) is 13.2 Å². The van der Waals surface area contributed by atoms with E-state index in [4.69, 9.17) is 13.5 Å².